The summed E-state index contributed by atoms with van der Waals surface area (Å²) >= 11 is 0. The zero-order chi connectivity index (χ0) is 20.3. The normalized spacial score (nSPS) is 27.9. The maximum Gasteiger partial charge on any atom is 0.228 e. The summed E-state index contributed by atoms with van der Waals surface area (Å²) in [5.41, 5.74) is 0.996. The van der Waals surface area contributed by atoms with Crippen LogP contribution in [0.4, 0.5) is 0 Å². The fourth-order valence-corrected chi connectivity index (χ4v) is 4.41. The number of benzene rings is 1. The SMILES string of the molecule is CCCCN1C(=O)CC(C(=O)N2CC(C)OC(C)C2)C1c1ccc(OC)cc1. The molecular formula is C22H32N2O4. The van der Waals surface area contributed by atoms with Crippen LogP contribution in [0.15, 0.2) is 24.3 Å². The van der Waals surface area contributed by atoms with Gasteiger partial charge in [0.1, 0.15) is 5.75 Å². The Bertz CT molecular complexity index is 680. The minimum atomic E-state index is -0.352. The highest BCUT2D eigenvalue weighted by Crippen LogP contribution is 2.40. The summed E-state index contributed by atoms with van der Waals surface area (Å²) in [6, 6.07) is 7.54. The van der Waals surface area contributed by atoms with Gasteiger partial charge in [-0.2, -0.15) is 0 Å². The van der Waals surface area contributed by atoms with Crippen molar-refractivity contribution in [1.29, 1.82) is 0 Å². The predicted molar refractivity (Wildman–Crippen MR) is 107 cm³/mol. The molecule has 1 aromatic rings. The van der Waals surface area contributed by atoms with Crippen molar-refractivity contribution in [3.63, 3.8) is 0 Å². The summed E-state index contributed by atoms with van der Waals surface area (Å²) in [7, 11) is 1.63. The second-order valence-corrected chi connectivity index (χ2v) is 7.97. The van der Waals surface area contributed by atoms with Gasteiger partial charge >= 0.3 is 0 Å². The molecule has 2 aliphatic rings. The number of nitrogens with zero attached hydrogens (tertiary/aromatic N) is 2. The lowest BCUT2D eigenvalue weighted by molar-refractivity contribution is -0.148. The van der Waals surface area contributed by atoms with E-state index in [4.69, 9.17) is 9.47 Å². The van der Waals surface area contributed by atoms with Crippen LogP contribution < -0.4 is 4.74 Å². The topological polar surface area (TPSA) is 59.1 Å². The van der Waals surface area contributed by atoms with Gasteiger partial charge in [-0.15, -0.1) is 0 Å². The fourth-order valence-electron chi connectivity index (χ4n) is 4.41. The van der Waals surface area contributed by atoms with Crippen LogP contribution in [0.2, 0.25) is 0 Å². The Kier molecular flexibility index (Phi) is 6.60. The van der Waals surface area contributed by atoms with Crippen LogP contribution in [-0.2, 0) is 14.3 Å². The number of morpholine rings is 1. The molecule has 154 valence electrons. The zero-order valence-corrected chi connectivity index (χ0v) is 17.4. The Morgan fingerprint density at radius 3 is 2.39 bits per heavy atom. The molecule has 0 aliphatic carbocycles. The second kappa shape index (κ2) is 8.95. The van der Waals surface area contributed by atoms with Gasteiger partial charge in [0.2, 0.25) is 11.8 Å². The van der Waals surface area contributed by atoms with E-state index in [1.807, 2.05) is 47.9 Å². The van der Waals surface area contributed by atoms with Crippen LogP contribution in [-0.4, -0.2) is 60.6 Å². The van der Waals surface area contributed by atoms with E-state index in [1.165, 1.54) is 0 Å². The predicted octanol–water partition coefficient (Wildman–Crippen LogP) is 3.02. The molecule has 0 radical (unpaired) electrons. The molecule has 2 heterocycles. The van der Waals surface area contributed by atoms with Crippen molar-refractivity contribution in [2.75, 3.05) is 26.7 Å². The quantitative estimate of drug-likeness (QED) is 0.752. The zero-order valence-electron chi connectivity index (χ0n) is 17.4. The summed E-state index contributed by atoms with van der Waals surface area (Å²) in [4.78, 5) is 30.0. The first-order valence-electron chi connectivity index (χ1n) is 10.3. The maximum absolute atomic E-state index is 13.4. The highest BCUT2D eigenvalue weighted by Gasteiger charge is 2.46. The summed E-state index contributed by atoms with van der Waals surface area (Å²) < 4.78 is 11.0. The number of ether oxygens (including phenoxy) is 2. The average Bonchev–Trinajstić information content (AvgIpc) is 3.01. The summed E-state index contributed by atoms with van der Waals surface area (Å²) in [6.07, 6.45) is 2.25. The van der Waals surface area contributed by atoms with Crippen LogP contribution >= 0.6 is 0 Å². The molecule has 2 aliphatic heterocycles. The van der Waals surface area contributed by atoms with Crippen LogP contribution in [0.5, 0.6) is 5.75 Å². The minimum Gasteiger partial charge on any atom is -0.497 e. The molecule has 0 aromatic heterocycles. The van der Waals surface area contributed by atoms with E-state index in [2.05, 4.69) is 6.92 Å². The second-order valence-electron chi connectivity index (χ2n) is 7.97. The average molecular weight is 389 g/mol. The molecular weight excluding hydrogens is 356 g/mol. The van der Waals surface area contributed by atoms with Gasteiger partial charge in [-0.25, -0.2) is 0 Å². The molecule has 28 heavy (non-hydrogen) atoms. The smallest absolute Gasteiger partial charge is 0.228 e. The van der Waals surface area contributed by atoms with Crippen LogP contribution in [0.3, 0.4) is 0 Å². The first-order chi connectivity index (χ1) is 13.4. The van der Waals surface area contributed by atoms with E-state index in [9.17, 15) is 9.59 Å². The highest BCUT2D eigenvalue weighted by molar-refractivity contribution is 5.90. The molecule has 2 saturated heterocycles. The standard InChI is InChI=1S/C22H32N2O4/c1-5-6-11-24-20(25)12-19(21(24)17-7-9-18(27-4)10-8-17)22(26)23-13-15(2)28-16(3)14-23/h7-10,15-16,19,21H,5-6,11-14H2,1-4H3. The van der Waals surface area contributed by atoms with Gasteiger partial charge in [-0.1, -0.05) is 25.5 Å². The van der Waals surface area contributed by atoms with Crippen molar-refractivity contribution < 1.29 is 19.1 Å². The maximum atomic E-state index is 13.4. The molecule has 0 saturated carbocycles. The third-order valence-electron chi connectivity index (χ3n) is 5.69. The Morgan fingerprint density at radius 2 is 1.82 bits per heavy atom. The number of hydrogen-bond acceptors (Lipinski definition) is 4. The number of methoxy groups -OCH3 is 1. The lowest BCUT2D eigenvalue weighted by atomic mass is 9.91. The van der Waals surface area contributed by atoms with Gasteiger partial charge in [-0.05, 0) is 38.0 Å². The molecule has 6 nitrogen and oxygen atoms in total. The van der Waals surface area contributed by atoms with Crippen LogP contribution in [0.1, 0.15) is 51.6 Å². The number of unbranched alkanes of at least 4 members (excludes halogenated alkanes) is 1. The third-order valence-corrected chi connectivity index (χ3v) is 5.69. The largest absolute Gasteiger partial charge is 0.497 e. The van der Waals surface area contributed by atoms with Crippen molar-refractivity contribution in [2.24, 2.45) is 5.92 Å². The summed E-state index contributed by atoms with van der Waals surface area (Å²) in [5.74, 6) is 0.555. The van der Waals surface area contributed by atoms with E-state index >= 15 is 0 Å². The van der Waals surface area contributed by atoms with Gasteiger partial charge in [0.25, 0.3) is 0 Å². The van der Waals surface area contributed by atoms with Gasteiger partial charge in [-0.3, -0.25) is 9.59 Å². The number of likely N-dealkylation sites (tertiary alicyclic amines) is 1. The summed E-state index contributed by atoms with van der Waals surface area (Å²) in [5, 5.41) is 0. The van der Waals surface area contributed by atoms with Gasteiger partial charge < -0.3 is 19.3 Å². The Balaban J connectivity index is 1.88. The van der Waals surface area contributed by atoms with E-state index < -0.39 is 0 Å². The van der Waals surface area contributed by atoms with Crippen molar-refractivity contribution in [1.82, 2.24) is 9.80 Å². The number of carbonyl (C=O) groups is 2. The van der Waals surface area contributed by atoms with Gasteiger partial charge in [0.05, 0.1) is 31.3 Å². The van der Waals surface area contributed by atoms with Gasteiger partial charge in [0, 0.05) is 26.1 Å². The van der Waals surface area contributed by atoms with Crippen molar-refractivity contribution >= 4 is 11.8 Å². The minimum absolute atomic E-state index is 0.0143. The molecule has 2 fully saturated rings. The van der Waals surface area contributed by atoms with E-state index in [0.717, 1.165) is 24.2 Å². The van der Waals surface area contributed by atoms with E-state index in [1.54, 1.807) is 7.11 Å². The number of carbonyl (C=O) groups excluding carboxylic acids is 2. The number of rotatable bonds is 6. The van der Waals surface area contributed by atoms with Gasteiger partial charge in [0.15, 0.2) is 0 Å². The lowest BCUT2D eigenvalue weighted by Gasteiger charge is -2.38. The fraction of sp³-hybridized carbons (Fsp3) is 0.636. The Hall–Kier alpha value is -2.08. The number of hydrogen-bond donors (Lipinski definition) is 0. The molecule has 1 aromatic carbocycles. The van der Waals surface area contributed by atoms with Crippen molar-refractivity contribution in [3.8, 4) is 5.75 Å². The molecule has 2 amide bonds. The lowest BCUT2D eigenvalue weighted by Crippen LogP contribution is -2.50. The first kappa shape index (κ1) is 20.6. The molecule has 0 spiro atoms. The molecule has 4 unspecified atom stereocenters. The van der Waals surface area contributed by atoms with Crippen molar-refractivity contribution in [2.45, 2.75) is 58.3 Å². The first-order valence-corrected chi connectivity index (χ1v) is 10.3. The molecule has 0 N–H and O–H groups in total. The third kappa shape index (κ3) is 4.32. The molecule has 4 atom stereocenters. The highest BCUT2D eigenvalue weighted by atomic mass is 16.5. The monoisotopic (exact) mass is 388 g/mol. The van der Waals surface area contributed by atoms with E-state index in [0.29, 0.717) is 19.6 Å². The Labute approximate surface area is 167 Å². The molecule has 3 rings (SSSR count). The van der Waals surface area contributed by atoms with Crippen LogP contribution in [0, 0.1) is 5.92 Å². The Morgan fingerprint density at radius 1 is 1.18 bits per heavy atom. The number of amides is 2. The molecule has 6 heteroatoms. The van der Waals surface area contributed by atoms with Crippen LogP contribution in [0.25, 0.3) is 0 Å². The van der Waals surface area contributed by atoms with E-state index in [-0.39, 0.29) is 42.4 Å². The molecule has 0 bridgehead atoms. The van der Waals surface area contributed by atoms with Crippen molar-refractivity contribution in [3.05, 3.63) is 29.8 Å². The summed E-state index contributed by atoms with van der Waals surface area (Å²) in [6.45, 7) is 7.94.